The third-order valence-corrected chi connectivity index (χ3v) is 6.78. The van der Waals surface area contributed by atoms with Gasteiger partial charge in [0.05, 0.1) is 30.9 Å². The van der Waals surface area contributed by atoms with E-state index in [1.807, 2.05) is 6.92 Å². The standard InChI is InChI=1S/C30H30FN3O5S/c1-3-38-24-15-11-22(12-16-24)32-27(35)19-26-28(36)34(23-13-9-21(10-14-23)29(37)39-4-2)30(40)33(26)18-17-20-7-5-6-8-25(20)31/h5-16,26H,3-4,17-19H2,1-2H3,(H,32,35)/t26-/m0/s1. The van der Waals surface area contributed by atoms with Gasteiger partial charge in [0.15, 0.2) is 5.11 Å². The van der Waals surface area contributed by atoms with Gasteiger partial charge >= 0.3 is 5.97 Å². The number of amides is 2. The molecule has 1 N–H and O–H groups in total. The van der Waals surface area contributed by atoms with Gasteiger partial charge in [0.2, 0.25) is 5.91 Å². The van der Waals surface area contributed by atoms with E-state index < -0.39 is 12.0 Å². The van der Waals surface area contributed by atoms with Gasteiger partial charge in [-0.2, -0.15) is 0 Å². The molecule has 208 valence electrons. The number of benzene rings is 3. The van der Waals surface area contributed by atoms with Gasteiger partial charge in [-0.3, -0.25) is 14.5 Å². The molecule has 0 saturated carbocycles. The molecule has 0 aliphatic carbocycles. The number of esters is 1. The van der Waals surface area contributed by atoms with E-state index in [0.717, 1.165) is 0 Å². The van der Waals surface area contributed by atoms with E-state index in [1.165, 1.54) is 11.0 Å². The average Bonchev–Trinajstić information content (AvgIpc) is 3.17. The van der Waals surface area contributed by atoms with Crippen LogP contribution in [0.1, 0.15) is 36.2 Å². The molecule has 0 unspecified atom stereocenters. The van der Waals surface area contributed by atoms with Crippen LogP contribution in [-0.2, 0) is 20.7 Å². The summed E-state index contributed by atoms with van der Waals surface area (Å²) in [5.74, 6) is -0.902. The summed E-state index contributed by atoms with van der Waals surface area (Å²) in [7, 11) is 0. The molecule has 0 radical (unpaired) electrons. The molecule has 2 amide bonds. The molecule has 1 saturated heterocycles. The number of hydrogen-bond acceptors (Lipinski definition) is 6. The zero-order valence-corrected chi connectivity index (χ0v) is 23.1. The third-order valence-electron chi connectivity index (χ3n) is 6.36. The summed E-state index contributed by atoms with van der Waals surface area (Å²) in [5, 5.41) is 3.02. The van der Waals surface area contributed by atoms with Crippen LogP contribution in [0.3, 0.4) is 0 Å². The topological polar surface area (TPSA) is 88.2 Å². The maximum Gasteiger partial charge on any atom is 0.338 e. The van der Waals surface area contributed by atoms with E-state index in [1.54, 1.807) is 78.6 Å². The molecule has 40 heavy (non-hydrogen) atoms. The number of nitrogens with one attached hydrogen (secondary N) is 1. The lowest BCUT2D eigenvalue weighted by Gasteiger charge is -2.24. The fraction of sp³-hybridized carbons (Fsp3) is 0.267. The first-order valence-corrected chi connectivity index (χ1v) is 13.4. The van der Waals surface area contributed by atoms with E-state index in [2.05, 4.69) is 5.32 Å². The number of thiocarbonyl (C=S) groups is 1. The highest BCUT2D eigenvalue weighted by Gasteiger charge is 2.44. The van der Waals surface area contributed by atoms with E-state index >= 15 is 0 Å². The number of carbonyl (C=O) groups excluding carboxylic acids is 3. The Morgan fingerprint density at radius 1 is 0.975 bits per heavy atom. The van der Waals surface area contributed by atoms with Crippen LogP contribution in [0.25, 0.3) is 0 Å². The van der Waals surface area contributed by atoms with E-state index in [4.69, 9.17) is 21.7 Å². The number of halogens is 1. The van der Waals surface area contributed by atoms with E-state index in [-0.39, 0.29) is 48.7 Å². The highest BCUT2D eigenvalue weighted by molar-refractivity contribution is 7.80. The number of nitrogens with zero attached hydrogens (tertiary/aromatic N) is 2. The summed E-state index contributed by atoms with van der Waals surface area (Å²) in [6, 6.07) is 18.8. The molecule has 8 nitrogen and oxygen atoms in total. The predicted octanol–water partition coefficient (Wildman–Crippen LogP) is 4.97. The number of rotatable bonds is 11. The lowest BCUT2D eigenvalue weighted by Crippen LogP contribution is -2.39. The van der Waals surface area contributed by atoms with Crippen molar-refractivity contribution >= 4 is 46.5 Å². The molecule has 1 atom stereocenters. The summed E-state index contributed by atoms with van der Waals surface area (Å²) in [4.78, 5) is 41.8. The van der Waals surface area contributed by atoms with Crippen LogP contribution in [0.2, 0.25) is 0 Å². The Hall–Kier alpha value is -4.31. The summed E-state index contributed by atoms with van der Waals surface area (Å²) >= 11 is 5.69. The zero-order valence-electron chi connectivity index (χ0n) is 22.3. The van der Waals surface area contributed by atoms with Crippen LogP contribution in [0.15, 0.2) is 72.8 Å². The molecule has 3 aromatic carbocycles. The van der Waals surface area contributed by atoms with Gasteiger partial charge in [-0.15, -0.1) is 0 Å². The van der Waals surface area contributed by atoms with Gasteiger partial charge in [-0.05, 0) is 92.6 Å². The second-order valence-electron chi connectivity index (χ2n) is 8.98. The molecule has 1 aliphatic rings. The Morgan fingerprint density at radius 2 is 1.68 bits per heavy atom. The molecule has 1 fully saturated rings. The molecule has 3 aromatic rings. The lowest BCUT2D eigenvalue weighted by atomic mass is 10.1. The van der Waals surface area contributed by atoms with Crippen LogP contribution in [0.4, 0.5) is 15.8 Å². The zero-order chi connectivity index (χ0) is 28.6. The second-order valence-corrected chi connectivity index (χ2v) is 9.35. The van der Waals surface area contributed by atoms with Crippen LogP contribution in [-0.4, -0.2) is 53.6 Å². The molecule has 1 aliphatic heterocycles. The van der Waals surface area contributed by atoms with Crippen molar-refractivity contribution in [3.8, 4) is 5.75 Å². The van der Waals surface area contributed by atoms with Crippen molar-refractivity contribution in [2.45, 2.75) is 32.7 Å². The SMILES string of the molecule is CCOC(=O)c1ccc(N2C(=O)[C@H](CC(=O)Nc3ccc(OCC)cc3)N(CCc3ccccc3F)C2=S)cc1. The molecule has 0 aromatic heterocycles. The van der Waals surface area contributed by atoms with Gasteiger partial charge in [-0.25, -0.2) is 9.18 Å². The van der Waals surface area contributed by atoms with Gasteiger partial charge < -0.3 is 19.7 Å². The number of ether oxygens (including phenoxy) is 2. The summed E-state index contributed by atoms with van der Waals surface area (Å²) < 4.78 is 24.8. The average molecular weight is 564 g/mol. The van der Waals surface area contributed by atoms with Gasteiger partial charge in [0, 0.05) is 12.2 Å². The highest BCUT2D eigenvalue weighted by atomic mass is 32.1. The summed E-state index contributed by atoms with van der Waals surface area (Å²) in [5.41, 5.74) is 1.83. The van der Waals surface area contributed by atoms with Crippen molar-refractivity contribution in [3.63, 3.8) is 0 Å². The Bertz CT molecular complexity index is 1380. The maximum atomic E-state index is 14.3. The fourth-order valence-corrected chi connectivity index (χ4v) is 4.83. The first kappa shape index (κ1) is 28.7. The van der Waals surface area contributed by atoms with Crippen molar-refractivity contribution in [2.75, 3.05) is 30.0 Å². The molecular formula is C30H30FN3O5S. The van der Waals surface area contributed by atoms with E-state index in [0.29, 0.717) is 34.9 Å². The molecular weight excluding hydrogens is 533 g/mol. The van der Waals surface area contributed by atoms with Crippen molar-refractivity contribution < 1.29 is 28.2 Å². The molecule has 10 heteroatoms. The van der Waals surface area contributed by atoms with Gasteiger partial charge in [0.25, 0.3) is 5.91 Å². The third kappa shape index (κ3) is 6.63. The summed E-state index contributed by atoms with van der Waals surface area (Å²) in [6.07, 6.45) is 0.119. The molecule has 1 heterocycles. The van der Waals surface area contributed by atoms with Crippen molar-refractivity contribution in [1.29, 1.82) is 0 Å². The Labute approximate surface area is 237 Å². The first-order valence-electron chi connectivity index (χ1n) is 13.0. The van der Waals surface area contributed by atoms with Crippen molar-refractivity contribution in [1.82, 2.24) is 4.90 Å². The van der Waals surface area contributed by atoms with Crippen molar-refractivity contribution in [2.24, 2.45) is 0 Å². The largest absolute Gasteiger partial charge is 0.494 e. The van der Waals surface area contributed by atoms with Crippen LogP contribution in [0, 0.1) is 5.82 Å². The quantitative estimate of drug-likeness (QED) is 0.260. The normalized spacial score (nSPS) is 14.8. The van der Waals surface area contributed by atoms with Crippen molar-refractivity contribution in [3.05, 3.63) is 89.7 Å². The maximum absolute atomic E-state index is 14.3. The summed E-state index contributed by atoms with van der Waals surface area (Å²) in [6.45, 7) is 4.60. The Kier molecular flexibility index (Phi) is 9.44. The van der Waals surface area contributed by atoms with Crippen LogP contribution in [0.5, 0.6) is 5.75 Å². The fourth-order valence-electron chi connectivity index (χ4n) is 4.42. The Balaban J connectivity index is 1.54. The molecule has 4 rings (SSSR count). The van der Waals surface area contributed by atoms with Gasteiger partial charge in [0.1, 0.15) is 17.6 Å². The number of hydrogen-bond donors (Lipinski definition) is 1. The minimum atomic E-state index is -0.897. The van der Waals surface area contributed by atoms with Crippen LogP contribution < -0.4 is 15.0 Å². The highest BCUT2D eigenvalue weighted by Crippen LogP contribution is 2.28. The predicted molar refractivity (Wildman–Crippen MR) is 154 cm³/mol. The second kappa shape index (κ2) is 13.2. The lowest BCUT2D eigenvalue weighted by molar-refractivity contribution is -0.124. The van der Waals surface area contributed by atoms with E-state index in [9.17, 15) is 18.8 Å². The molecule has 0 spiro atoms. The smallest absolute Gasteiger partial charge is 0.338 e. The minimum absolute atomic E-state index is 0.166. The van der Waals surface area contributed by atoms with Crippen LogP contribution >= 0.6 is 12.2 Å². The Morgan fingerprint density at radius 3 is 2.33 bits per heavy atom. The number of carbonyl (C=O) groups is 3. The molecule has 0 bridgehead atoms. The number of anilines is 2. The van der Waals surface area contributed by atoms with Gasteiger partial charge in [-0.1, -0.05) is 18.2 Å². The first-order chi connectivity index (χ1) is 19.3. The monoisotopic (exact) mass is 563 g/mol. The minimum Gasteiger partial charge on any atom is -0.494 e.